The average molecular weight is 512 g/mol. The predicted molar refractivity (Wildman–Crippen MR) is 133 cm³/mol. The van der Waals surface area contributed by atoms with Gasteiger partial charge in [-0.05, 0) is 54.1 Å². The van der Waals surface area contributed by atoms with E-state index < -0.39 is 23.1 Å². The first-order chi connectivity index (χ1) is 16.2. The minimum Gasteiger partial charge on any atom is -0.466 e. The van der Waals surface area contributed by atoms with Crippen molar-refractivity contribution in [1.29, 1.82) is 0 Å². The third-order valence-corrected chi connectivity index (χ3v) is 5.89. The highest BCUT2D eigenvalue weighted by Gasteiger charge is 2.32. The van der Waals surface area contributed by atoms with Gasteiger partial charge in [-0.2, -0.15) is 24.9 Å². The molecule has 0 spiro atoms. The summed E-state index contributed by atoms with van der Waals surface area (Å²) >= 11 is 1.63. The molecule has 0 fully saturated rings. The highest BCUT2D eigenvalue weighted by molar-refractivity contribution is 7.99. The maximum atomic E-state index is 13.5. The van der Waals surface area contributed by atoms with Crippen molar-refractivity contribution >= 4 is 29.3 Å². The Morgan fingerprint density at radius 1 is 1.06 bits per heavy atom. The normalized spacial score (nSPS) is 11.9. The van der Waals surface area contributed by atoms with E-state index in [0.717, 1.165) is 17.7 Å². The highest BCUT2D eigenvalue weighted by atomic mass is 32.2. The third-order valence-electron chi connectivity index (χ3n) is 4.75. The van der Waals surface area contributed by atoms with Crippen molar-refractivity contribution in [2.24, 2.45) is 5.41 Å². The fourth-order valence-corrected chi connectivity index (χ4v) is 3.67. The number of esters is 1. The quantitative estimate of drug-likeness (QED) is 0.360. The number of rotatable bonds is 9. The Hall–Kier alpha value is -2.68. The van der Waals surface area contributed by atoms with Crippen molar-refractivity contribution in [3.05, 3.63) is 53.1 Å². The van der Waals surface area contributed by atoms with E-state index in [4.69, 9.17) is 9.47 Å². The number of hydrogen-bond donors (Lipinski definition) is 1. The van der Waals surface area contributed by atoms with Crippen LogP contribution in [0.25, 0.3) is 0 Å². The van der Waals surface area contributed by atoms with Crippen LogP contribution in [0.4, 0.5) is 18.9 Å². The van der Waals surface area contributed by atoms with Crippen molar-refractivity contribution in [3.63, 3.8) is 0 Å². The number of hydrogen-bond acceptors (Lipinski definition) is 5. The van der Waals surface area contributed by atoms with Crippen LogP contribution in [0.5, 0.6) is 11.5 Å². The number of halogens is 3. The molecule has 0 heterocycles. The smallest absolute Gasteiger partial charge is 0.416 e. The van der Waals surface area contributed by atoms with Gasteiger partial charge in [0.2, 0.25) is 5.91 Å². The van der Waals surface area contributed by atoms with Gasteiger partial charge in [0, 0.05) is 22.4 Å². The van der Waals surface area contributed by atoms with Gasteiger partial charge in [0.05, 0.1) is 18.6 Å². The average Bonchev–Trinajstić information content (AvgIpc) is 2.72. The van der Waals surface area contributed by atoms with Crippen molar-refractivity contribution in [2.75, 3.05) is 11.9 Å². The van der Waals surface area contributed by atoms with Gasteiger partial charge in [-0.25, -0.2) is 0 Å². The molecule has 0 radical (unpaired) electrons. The molecular weight excluding hydrogens is 479 g/mol. The molecule has 1 N–H and O–H groups in total. The summed E-state index contributed by atoms with van der Waals surface area (Å²) in [4.78, 5) is 24.3. The Kier molecular flexibility index (Phi) is 9.66. The van der Waals surface area contributed by atoms with Crippen LogP contribution in [0.3, 0.4) is 0 Å². The van der Waals surface area contributed by atoms with Crippen molar-refractivity contribution in [2.45, 2.75) is 65.1 Å². The number of nitrogens with one attached hydrogen (secondary N) is 1. The summed E-state index contributed by atoms with van der Waals surface area (Å²) in [7, 11) is 0. The zero-order valence-corrected chi connectivity index (χ0v) is 21.7. The van der Waals surface area contributed by atoms with Gasteiger partial charge in [0.1, 0.15) is 11.5 Å². The van der Waals surface area contributed by atoms with Crippen LogP contribution < -0.4 is 10.1 Å². The molecule has 0 saturated carbocycles. The van der Waals surface area contributed by atoms with Gasteiger partial charge < -0.3 is 14.8 Å². The molecule has 0 atom stereocenters. The summed E-state index contributed by atoms with van der Waals surface area (Å²) in [5.41, 5.74) is -0.0691. The molecule has 0 aliphatic rings. The monoisotopic (exact) mass is 511 g/mol. The van der Waals surface area contributed by atoms with E-state index in [1.54, 1.807) is 57.7 Å². The van der Waals surface area contributed by atoms with Crippen LogP contribution in [-0.4, -0.2) is 23.7 Å². The maximum Gasteiger partial charge on any atom is 0.416 e. The summed E-state index contributed by atoms with van der Waals surface area (Å²) in [5, 5.41) is 3.17. The number of carbonyl (C=O) groups excluding carboxylic acids is 2. The van der Waals surface area contributed by atoms with Gasteiger partial charge in [-0.3, -0.25) is 9.59 Å². The molecule has 1 amide bonds. The molecule has 2 rings (SSSR count). The number of thioether (sulfide) groups is 1. The Labute approximate surface area is 208 Å². The number of alkyl halides is 3. The van der Waals surface area contributed by atoms with E-state index in [0.29, 0.717) is 22.4 Å². The number of ether oxygens (including phenoxy) is 2. The fourth-order valence-electron chi connectivity index (χ4n) is 2.94. The Balaban J connectivity index is 2.43. The van der Waals surface area contributed by atoms with Gasteiger partial charge in [0.25, 0.3) is 0 Å². The standard InChI is InChI=1S/C26H32F3NO4S/c1-7-33-23(31)12-17-10-19(26(27,28)29)14-21(11-17)34-22-9-8-20(30-24(32)25(4,5)6)13-18(22)15-35-16(2)3/h8-11,13-14,16H,7,12,15H2,1-6H3,(H,30,32). The van der Waals surface area contributed by atoms with E-state index in [9.17, 15) is 22.8 Å². The molecule has 0 unspecified atom stereocenters. The third kappa shape index (κ3) is 9.12. The molecule has 0 aliphatic heterocycles. The summed E-state index contributed by atoms with van der Waals surface area (Å²) in [6, 6.07) is 8.27. The van der Waals surface area contributed by atoms with Crippen LogP contribution in [0.15, 0.2) is 36.4 Å². The first kappa shape index (κ1) is 28.6. The molecular formula is C26H32F3NO4S. The minimum absolute atomic E-state index is 0.0404. The molecule has 192 valence electrons. The molecule has 2 aromatic rings. The van der Waals surface area contributed by atoms with E-state index >= 15 is 0 Å². The lowest BCUT2D eigenvalue weighted by molar-refractivity contribution is -0.142. The second kappa shape index (κ2) is 11.8. The van der Waals surface area contributed by atoms with Crippen molar-refractivity contribution in [3.8, 4) is 11.5 Å². The topological polar surface area (TPSA) is 64.6 Å². The van der Waals surface area contributed by atoms with E-state index in [-0.39, 0.29) is 30.2 Å². The maximum absolute atomic E-state index is 13.5. The number of carbonyl (C=O) groups is 2. The molecule has 0 aromatic heterocycles. The lowest BCUT2D eigenvalue weighted by Crippen LogP contribution is -2.27. The Bertz CT molecular complexity index is 1050. The molecule has 0 bridgehead atoms. The fraction of sp³-hybridized carbons (Fsp3) is 0.462. The van der Waals surface area contributed by atoms with Gasteiger partial charge in [-0.15, -0.1) is 0 Å². The lowest BCUT2D eigenvalue weighted by atomic mass is 9.95. The Morgan fingerprint density at radius 3 is 2.31 bits per heavy atom. The number of amides is 1. The van der Waals surface area contributed by atoms with E-state index in [1.165, 1.54) is 6.07 Å². The molecule has 35 heavy (non-hydrogen) atoms. The zero-order chi connectivity index (χ0) is 26.4. The molecule has 5 nitrogen and oxygen atoms in total. The summed E-state index contributed by atoms with van der Waals surface area (Å²) < 4.78 is 51.3. The van der Waals surface area contributed by atoms with E-state index in [2.05, 4.69) is 5.32 Å². The van der Waals surface area contributed by atoms with Crippen LogP contribution in [0.1, 0.15) is 58.2 Å². The summed E-state index contributed by atoms with van der Waals surface area (Å²) in [6.45, 7) is 11.2. The van der Waals surface area contributed by atoms with Gasteiger partial charge in [-0.1, -0.05) is 34.6 Å². The lowest BCUT2D eigenvalue weighted by Gasteiger charge is -2.19. The largest absolute Gasteiger partial charge is 0.466 e. The van der Waals surface area contributed by atoms with Crippen LogP contribution in [0, 0.1) is 5.41 Å². The summed E-state index contributed by atoms with van der Waals surface area (Å²) in [6.07, 6.45) is -4.91. The predicted octanol–water partition coefficient (Wildman–Crippen LogP) is 7.23. The molecule has 2 aromatic carbocycles. The minimum atomic E-state index is -4.61. The molecule has 0 saturated heterocycles. The van der Waals surface area contributed by atoms with Crippen molar-refractivity contribution < 1.29 is 32.2 Å². The van der Waals surface area contributed by atoms with Gasteiger partial charge in [0.15, 0.2) is 0 Å². The molecule has 9 heteroatoms. The van der Waals surface area contributed by atoms with Crippen LogP contribution in [0.2, 0.25) is 0 Å². The Morgan fingerprint density at radius 2 is 1.74 bits per heavy atom. The first-order valence-electron chi connectivity index (χ1n) is 11.3. The SMILES string of the molecule is CCOC(=O)Cc1cc(Oc2ccc(NC(=O)C(C)(C)C)cc2CSC(C)C)cc(C(F)(F)F)c1. The van der Waals surface area contributed by atoms with Crippen molar-refractivity contribution in [1.82, 2.24) is 0 Å². The second-order valence-electron chi connectivity index (χ2n) is 9.33. The zero-order valence-electron chi connectivity index (χ0n) is 20.8. The van der Waals surface area contributed by atoms with Gasteiger partial charge >= 0.3 is 12.1 Å². The van der Waals surface area contributed by atoms with E-state index in [1.807, 2.05) is 13.8 Å². The molecule has 0 aliphatic carbocycles. The summed E-state index contributed by atoms with van der Waals surface area (Å²) in [5.74, 6) is 0.0801. The highest BCUT2D eigenvalue weighted by Crippen LogP contribution is 2.37. The first-order valence-corrected chi connectivity index (χ1v) is 12.3. The van der Waals surface area contributed by atoms with Crippen LogP contribution >= 0.6 is 11.8 Å². The number of anilines is 1. The second-order valence-corrected chi connectivity index (χ2v) is 10.9. The number of benzene rings is 2. The van der Waals surface area contributed by atoms with Crippen LogP contribution in [-0.2, 0) is 32.7 Å².